The standard InChI is InChI=1S/C13H13F3N2O/c1-8(2)18-12(11(19)7-17-18)9-3-5-10(6-4-9)13(14,15)16/h3-8,19H,1-2H3. The lowest BCUT2D eigenvalue weighted by Crippen LogP contribution is -2.06. The predicted octanol–water partition coefficient (Wildman–Crippen LogP) is 3.86. The summed E-state index contributed by atoms with van der Waals surface area (Å²) in [6, 6.07) is 4.65. The van der Waals surface area contributed by atoms with Crippen LogP contribution in [-0.2, 0) is 6.18 Å². The number of halogens is 3. The Morgan fingerprint density at radius 2 is 1.74 bits per heavy atom. The van der Waals surface area contributed by atoms with Gasteiger partial charge >= 0.3 is 6.18 Å². The van der Waals surface area contributed by atoms with Crippen molar-refractivity contribution < 1.29 is 18.3 Å². The third kappa shape index (κ3) is 2.57. The van der Waals surface area contributed by atoms with Crippen molar-refractivity contribution in [2.75, 3.05) is 0 Å². The largest absolute Gasteiger partial charge is 0.504 e. The van der Waals surface area contributed by atoms with E-state index in [2.05, 4.69) is 5.10 Å². The third-order valence-corrected chi connectivity index (χ3v) is 2.75. The monoisotopic (exact) mass is 270 g/mol. The molecule has 0 saturated carbocycles. The van der Waals surface area contributed by atoms with E-state index in [-0.39, 0.29) is 11.8 Å². The fourth-order valence-corrected chi connectivity index (χ4v) is 1.84. The number of aromatic nitrogens is 2. The maximum absolute atomic E-state index is 12.5. The molecule has 3 nitrogen and oxygen atoms in total. The van der Waals surface area contributed by atoms with E-state index in [0.717, 1.165) is 12.1 Å². The minimum atomic E-state index is -4.36. The van der Waals surface area contributed by atoms with Gasteiger partial charge < -0.3 is 5.11 Å². The lowest BCUT2D eigenvalue weighted by Gasteiger charge is -2.12. The summed E-state index contributed by atoms with van der Waals surface area (Å²) in [5, 5.41) is 13.8. The van der Waals surface area contributed by atoms with Crippen LogP contribution in [0.25, 0.3) is 11.3 Å². The van der Waals surface area contributed by atoms with Gasteiger partial charge in [0, 0.05) is 11.6 Å². The van der Waals surface area contributed by atoms with Gasteiger partial charge in [0.25, 0.3) is 0 Å². The molecular formula is C13H13F3N2O. The van der Waals surface area contributed by atoms with Crippen LogP contribution >= 0.6 is 0 Å². The molecule has 0 aliphatic carbocycles. The van der Waals surface area contributed by atoms with Gasteiger partial charge in [-0.2, -0.15) is 18.3 Å². The van der Waals surface area contributed by atoms with Crippen LogP contribution < -0.4 is 0 Å². The Morgan fingerprint density at radius 3 is 2.21 bits per heavy atom. The highest BCUT2D eigenvalue weighted by molar-refractivity contribution is 5.66. The van der Waals surface area contributed by atoms with Gasteiger partial charge in [-0.3, -0.25) is 4.68 Å². The van der Waals surface area contributed by atoms with Crippen LogP contribution in [0, 0.1) is 0 Å². The number of alkyl halides is 3. The summed E-state index contributed by atoms with van der Waals surface area (Å²) in [6.45, 7) is 3.75. The molecule has 0 amide bonds. The second-order valence-corrected chi connectivity index (χ2v) is 4.49. The fourth-order valence-electron chi connectivity index (χ4n) is 1.84. The van der Waals surface area contributed by atoms with Crippen molar-refractivity contribution in [3.05, 3.63) is 36.0 Å². The minimum absolute atomic E-state index is 0.00167. The molecule has 0 fully saturated rings. The van der Waals surface area contributed by atoms with E-state index in [4.69, 9.17) is 0 Å². The van der Waals surface area contributed by atoms with Gasteiger partial charge in [0.05, 0.1) is 11.8 Å². The summed E-state index contributed by atoms with van der Waals surface area (Å²) in [7, 11) is 0. The molecule has 0 aliphatic heterocycles. The molecule has 2 rings (SSSR count). The van der Waals surface area contributed by atoms with Crippen molar-refractivity contribution in [2.24, 2.45) is 0 Å². The van der Waals surface area contributed by atoms with Crippen LogP contribution in [-0.4, -0.2) is 14.9 Å². The normalized spacial score (nSPS) is 12.1. The molecule has 6 heteroatoms. The summed E-state index contributed by atoms with van der Waals surface area (Å²) < 4.78 is 39.0. The van der Waals surface area contributed by atoms with Crippen LogP contribution in [0.15, 0.2) is 30.5 Å². The number of rotatable bonds is 2. The van der Waals surface area contributed by atoms with Crippen molar-refractivity contribution in [3.63, 3.8) is 0 Å². The van der Waals surface area contributed by atoms with Crippen molar-refractivity contribution >= 4 is 0 Å². The molecule has 102 valence electrons. The van der Waals surface area contributed by atoms with E-state index in [1.54, 1.807) is 4.68 Å². The molecule has 0 spiro atoms. The molecule has 1 heterocycles. The Balaban J connectivity index is 2.46. The fraction of sp³-hybridized carbons (Fsp3) is 0.308. The van der Waals surface area contributed by atoms with Crippen LogP contribution in [0.1, 0.15) is 25.5 Å². The lowest BCUT2D eigenvalue weighted by molar-refractivity contribution is -0.137. The molecule has 0 saturated heterocycles. The Kier molecular flexibility index (Phi) is 3.26. The number of benzene rings is 1. The molecule has 0 bridgehead atoms. The van der Waals surface area contributed by atoms with Gasteiger partial charge in [-0.1, -0.05) is 12.1 Å². The first-order valence-electron chi connectivity index (χ1n) is 5.75. The smallest absolute Gasteiger partial charge is 0.416 e. The number of aromatic hydroxyl groups is 1. The Hall–Kier alpha value is -1.98. The highest BCUT2D eigenvalue weighted by Crippen LogP contribution is 2.34. The first-order chi connectivity index (χ1) is 8.80. The summed E-state index contributed by atoms with van der Waals surface area (Å²) in [6.07, 6.45) is -3.08. The zero-order chi connectivity index (χ0) is 14.2. The van der Waals surface area contributed by atoms with Gasteiger partial charge in [-0.25, -0.2) is 0 Å². The third-order valence-electron chi connectivity index (χ3n) is 2.75. The van der Waals surface area contributed by atoms with Crippen molar-refractivity contribution in [2.45, 2.75) is 26.1 Å². The minimum Gasteiger partial charge on any atom is -0.504 e. The zero-order valence-corrected chi connectivity index (χ0v) is 10.4. The van der Waals surface area contributed by atoms with Crippen LogP contribution in [0.3, 0.4) is 0 Å². The van der Waals surface area contributed by atoms with E-state index < -0.39 is 11.7 Å². The molecule has 0 radical (unpaired) electrons. The topological polar surface area (TPSA) is 38.0 Å². The maximum atomic E-state index is 12.5. The molecule has 1 aromatic heterocycles. The summed E-state index contributed by atoms with van der Waals surface area (Å²) >= 11 is 0. The van der Waals surface area contributed by atoms with E-state index in [1.165, 1.54) is 18.3 Å². The van der Waals surface area contributed by atoms with Crippen molar-refractivity contribution in [3.8, 4) is 17.0 Å². The lowest BCUT2D eigenvalue weighted by atomic mass is 10.1. The highest BCUT2D eigenvalue weighted by Gasteiger charge is 2.30. The van der Waals surface area contributed by atoms with Gasteiger partial charge in [0.15, 0.2) is 5.75 Å². The van der Waals surface area contributed by atoms with Crippen LogP contribution in [0.2, 0.25) is 0 Å². The van der Waals surface area contributed by atoms with Gasteiger partial charge in [-0.15, -0.1) is 0 Å². The summed E-state index contributed by atoms with van der Waals surface area (Å²) in [5.41, 5.74) is 0.201. The van der Waals surface area contributed by atoms with Gasteiger partial charge in [-0.05, 0) is 26.0 Å². The summed E-state index contributed by atoms with van der Waals surface area (Å²) in [4.78, 5) is 0. The summed E-state index contributed by atoms with van der Waals surface area (Å²) in [5.74, 6) is -0.0477. The van der Waals surface area contributed by atoms with Gasteiger partial charge in [0.1, 0.15) is 5.69 Å². The van der Waals surface area contributed by atoms with Crippen LogP contribution in [0.4, 0.5) is 13.2 Å². The van der Waals surface area contributed by atoms with E-state index in [0.29, 0.717) is 11.3 Å². The Bertz CT molecular complexity index is 571. The average Bonchev–Trinajstić information content (AvgIpc) is 2.70. The second kappa shape index (κ2) is 4.60. The second-order valence-electron chi connectivity index (χ2n) is 4.49. The zero-order valence-electron chi connectivity index (χ0n) is 10.4. The molecule has 19 heavy (non-hydrogen) atoms. The molecule has 0 aliphatic rings. The molecule has 0 atom stereocenters. The average molecular weight is 270 g/mol. The number of nitrogens with zero attached hydrogens (tertiary/aromatic N) is 2. The molecule has 0 unspecified atom stereocenters. The maximum Gasteiger partial charge on any atom is 0.416 e. The quantitative estimate of drug-likeness (QED) is 0.900. The van der Waals surface area contributed by atoms with E-state index in [9.17, 15) is 18.3 Å². The first kappa shape index (κ1) is 13.5. The number of hydrogen-bond donors (Lipinski definition) is 1. The molecule has 1 N–H and O–H groups in total. The van der Waals surface area contributed by atoms with E-state index >= 15 is 0 Å². The van der Waals surface area contributed by atoms with Crippen LogP contribution in [0.5, 0.6) is 5.75 Å². The van der Waals surface area contributed by atoms with Gasteiger partial charge in [0.2, 0.25) is 0 Å². The van der Waals surface area contributed by atoms with Crippen molar-refractivity contribution in [1.82, 2.24) is 9.78 Å². The van der Waals surface area contributed by atoms with E-state index in [1.807, 2.05) is 13.8 Å². The SMILES string of the molecule is CC(C)n1ncc(O)c1-c1ccc(C(F)(F)F)cc1. The van der Waals surface area contributed by atoms with Crippen molar-refractivity contribution in [1.29, 1.82) is 0 Å². The molecular weight excluding hydrogens is 257 g/mol. The Labute approximate surface area is 108 Å². The molecule has 2 aromatic rings. The predicted molar refractivity (Wildman–Crippen MR) is 64.7 cm³/mol. The highest BCUT2D eigenvalue weighted by atomic mass is 19.4. The molecule has 1 aromatic carbocycles. The first-order valence-corrected chi connectivity index (χ1v) is 5.75. The Morgan fingerprint density at radius 1 is 1.16 bits per heavy atom. The number of hydrogen-bond acceptors (Lipinski definition) is 2.